The normalized spacial score (nSPS) is 31.6. The van der Waals surface area contributed by atoms with E-state index in [0.29, 0.717) is 4.67 Å². The van der Waals surface area contributed by atoms with Crippen LogP contribution in [0.4, 0.5) is 5.95 Å². The van der Waals surface area contributed by atoms with Crippen molar-refractivity contribution in [2.45, 2.75) is 24.5 Å². The van der Waals surface area contributed by atoms with Gasteiger partial charge in [0.2, 0.25) is 5.95 Å². The summed E-state index contributed by atoms with van der Waals surface area (Å²) >= 11 is 0. The molecule has 1 aliphatic rings. The van der Waals surface area contributed by atoms with E-state index in [1.807, 2.05) is 0 Å². The molecule has 0 amide bonds. The molecule has 1 unspecified atom stereocenters. The van der Waals surface area contributed by atoms with E-state index in [0.717, 1.165) is 0 Å². The molecular weight excluding hydrogens is 281 g/mol. The Hall–Kier alpha value is -1.00. The second-order valence-electron chi connectivity index (χ2n) is 4.00. The van der Waals surface area contributed by atoms with E-state index in [4.69, 9.17) is 9.84 Å². The molecule has 1 aromatic heterocycles. The smallest absolute Gasteiger partial charge is 0.394 e. The summed E-state index contributed by atoms with van der Waals surface area (Å²) in [6.07, 6.45) is -3.13. The first kappa shape index (κ1) is 14.4. The summed E-state index contributed by atoms with van der Waals surface area (Å²) in [7, 11) is -4.85. The lowest BCUT2D eigenvalue weighted by atomic mass is 10.1. The van der Waals surface area contributed by atoms with Gasteiger partial charge in [0.1, 0.15) is 18.3 Å². The Bertz CT molecular complexity index is 463. The summed E-state index contributed by atoms with van der Waals surface area (Å²) in [5.74, 6) is -0.219. The summed E-state index contributed by atoms with van der Waals surface area (Å²) in [5.41, 5.74) is 0. The number of aliphatic hydroxyl groups excluding tert-OH is 3. The molecule has 1 aliphatic heterocycles. The minimum absolute atomic E-state index is 0.219. The Kier molecular flexibility index (Phi) is 3.92. The molecule has 0 aromatic carbocycles. The molecule has 0 bridgehead atoms. The van der Waals surface area contributed by atoms with Crippen LogP contribution in [-0.2, 0) is 9.30 Å². The van der Waals surface area contributed by atoms with Crippen LogP contribution in [0.25, 0.3) is 0 Å². The van der Waals surface area contributed by atoms with Crippen LogP contribution in [0.15, 0.2) is 12.4 Å². The third-order valence-electron chi connectivity index (χ3n) is 2.74. The maximum atomic E-state index is 11.5. The first-order chi connectivity index (χ1) is 8.86. The standard InChI is InChI=1S/C8H14N3O7P/c12-3-4-5(13)6(14)7(18-4)11(19(15,16)17)8-9-1-2-10-8/h1-2,4-7,12-14H,3H2,(H,9,10)(H2,15,16,17)/t4-,5-,6-,7?/m1/s1. The maximum Gasteiger partial charge on any atom is 0.434 e. The summed E-state index contributed by atoms with van der Waals surface area (Å²) < 4.78 is 17.0. The highest BCUT2D eigenvalue weighted by molar-refractivity contribution is 7.53. The van der Waals surface area contributed by atoms with Crippen LogP contribution < -0.4 is 4.67 Å². The number of ether oxygens (including phenoxy) is 1. The van der Waals surface area contributed by atoms with E-state index < -0.39 is 38.9 Å². The zero-order chi connectivity index (χ0) is 14.2. The highest BCUT2D eigenvalue weighted by atomic mass is 31.2. The van der Waals surface area contributed by atoms with E-state index >= 15 is 0 Å². The van der Waals surface area contributed by atoms with E-state index in [2.05, 4.69) is 9.97 Å². The number of H-pyrrole nitrogens is 1. The molecule has 0 radical (unpaired) electrons. The third kappa shape index (κ3) is 2.65. The molecular formula is C8H14N3O7P. The number of hydrogen-bond donors (Lipinski definition) is 6. The third-order valence-corrected chi connectivity index (χ3v) is 3.72. The lowest BCUT2D eigenvalue weighted by Gasteiger charge is -2.29. The van der Waals surface area contributed by atoms with Crippen molar-refractivity contribution >= 4 is 13.7 Å². The van der Waals surface area contributed by atoms with Gasteiger partial charge in [-0.3, -0.25) is 0 Å². The monoisotopic (exact) mass is 295 g/mol. The molecule has 1 fully saturated rings. The molecule has 6 N–H and O–H groups in total. The van der Waals surface area contributed by atoms with Crippen LogP contribution in [0.3, 0.4) is 0 Å². The van der Waals surface area contributed by atoms with Gasteiger partial charge in [0, 0.05) is 12.4 Å². The van der Waals surface area contributed by atoms with Crippen molar-refractivity contribution < 1.29 is 34.4 Å². The van der Waals surface area contributed by atoms with Crippen molar-refractivity contribution in [3.05, 3.63) is 12.4 Å². The average Bonchev–Trinajstić information content (AvgIpc) is 2.91. The summed E-state index contributed by atoms with van der Waals surface area (Å²) in [5, 5.41) is 28.3. The Morgan fingerprint density at radius 1 is 1.42 bits per heavy atom. The largest absolute Gasteiger partial charge is 0.434 e. The van der Waals surface area contributed by atoms with Crippen LogP contribution in [-0.4, -0.2) is 66.2 Å². The summed E-state index contributed by atoms with van der Waals surface area (Å²) in [4.78, 5) is 24.8. The molecule has 0 spiro atoms. The molecule has 19 heavy (non-hydrogen) atoms. The van der Waals surface area contributed by atoms with Gasteiger partial charge in [-0.2, -0.15) is 0 Å². The first-order valence-corrected chi connectivity index (χ1v) is 6.90. The van der Waals surface area contributed by atoms with Gasteiger partial charge in [-0.25, -0.2) is 14.2 Å². The van der Waals surface area contributed by atoms with Gasteiger partial charge in [0.05, 0.1) is 6.61 Å². The zero-order valence-corrected chi connectivity index (χ0v) is 10.5. The lowest BCUT2D eigenvalue weighted by Crippen LogP contribution is -2.43. The van der Waals surface area contributed by atoms with Gasteiger partial charge in [0.15, 0.2) is 6.23 Å². The molecule has 10 nitrogen and oxygen atoms in total. The van der Waals surface area contributed by atoms with Crippen molar-refractivity contribution in [3.8, 4) is 0 Å². The highest BCUT2D eigenvalue weighted by Crippen LogP contribution is 2.46. The predicted octanol–water partition coefficient (Wildman–Crippen LogP) is -2.25. The van der Waals surface area contributed by atoms with E-state index in [1.165, 1.54) is 12.4 Å². The van der Waals surface area contributed by atoms with Crippen molar-refractivity contribution in [2.75, 3.05) is 11.3 Å². The SMILES string of the molecule is O=P(O)(O)N(c1ncc[nH]1)C1O[C@H](CO)[C@@H](O)[C@H]1O. The van der Waals surface area contributed by atoms with Gasteiger partial charge in [0.25, 0.3) is 0 Å². The van der Waals surface area contributed by atoms with Crippen LogP contribution in [0, 0.1) is 0 Å². The minimum Gasteiger partial charge on any atom is -0.394 e. The second-order valence-corrected chi connectivity index (χ2v) is 5.46. The number of rotatable bonds is 4. The van der Waals surface area contributed by atoms with Crippen LogP contribution >= 0.6 is 7.75 Å². The Labute approximate surface area is 107 Å². The molecule has 1 aromatic rings. The minimum atomic E-state index is -4.85. The van der Waals surface area contributed by atoms with Gasteiger partial charge < -0.3 is 34.8 Å². The lowest BCUT2D eigenvalue weighted by molar-refractivity contribution is -0.0199. The van der Waals surface area contributed by atoms with Crippen molar-refractivity contribution in [1.82, 2.24) is 9.97 Å². The number of hydrogen-bond acceptors (Lipinski definition) is 6. The Morgan fingerprint density at radius 2 is 2.11 bits per heavy atom. The Morgan fingerprint density at radius 3 is 2.53 bits per heavy atom. The molecule has 2 heterocycles. The van der Waals surface area contributed by atoms with E-state index in [1.54, 1.807) is 0 Å². The molecule has 108 valence electrons. The molecule has 1 saturated heterocycles. The molecule has 0 aliphatic carbocycles. The molecule has 11 heteroatoms. The topological polar surface area (TPSA) is 159 Å². The zero-order valence-electron chi connectivity index (χ0n) is 9.57. The quantitative estimate of drug-likeness (QED) is 0.337. The number of aliphatic hydroxyl groups is 3. The van der Waals surface area contributed by atoms with Gasteiger partial charge in [-0.15, -0.1) is 0 Å². The predicted molar refractivity (Wildman–Crippen MR) is 60.9 cm³/mol. The number of anilines is 1. The fourth-order valence-corrected chi connectivity index (χ4v) is 2.70. The summed E-state index contributed by atoms with van der Waals surface area (Å²) in [6, 6.07) is 0. The van der Waals surface area contributed by atoms with Gasteiger partial charge in [-0.05, 0) is 0 Å². The highest BCUT2D eigenvalue weighted by Gasteiger charge is 2.50. The summed E-state index contributed by atoms with van der Waals surface area (Å²) in [6.45, 7) is -0.595. The number of nitrogens with zero attached hydrogens (tertiary/aromatic N) is 2. The van der Waals surface area contributed by atoms with Crippen LogP contribution in [0.5, 0.6) is 0 Å². The van der Waals surface area contributed by atoms with E-state index in [9.17, 15) is 24.6 Å². The fraction of sp³-hybridized carbons (Fsp3) is 0.625. The van der Waals surface area contributed by atoms with Crippen LogP contribution in [0.1, 0.15) is 0 Å². The number of imidazole rings is 1. The number of aromatic nitrogens is 2. The first-order valence-electron chi connectivity index (χ1n) is 5.33. The number of aromatic amines is 1. The fourth-order valence-electron chi connectivity index (χ4n) is 1.86. The molecule has 0 saturated carbocycles. The van der Waals surface area contributed by atoms with Crippen molar-refractivity contribution in [2.24, 2.45) is 0 Å². The second kappa shape index (κ2) is 5.17. The Balaban J connectivity index is 2.33. The van der Waals surface area contributed by atoms with Crippen molar-refractivity contribution in [1.29, 1.82) is 0 Å². The van der Waals surface area contributed by atoms with Crippen LogP contribution in [0.2, 0.25) is 0 Å². The average molecular weight is 295 g/mol. The number of nitrogens with one attached hydrogen (secondary N) is 1. The van der Waals surface area contributed by atoms with Crippen molar-refractivity contribution in [3.63, 3.8) is 0 Å². The molecule has 2 rings (SSSR count). The van der Waals surface area contributed by atoms with Gasteiger partial charge >= 0.3 is 7.75 Å². The maximum absolute atomic E-state index is 11.5. The molecule has 4 atom stereocenters. The van der Waals surface area contributed by atoms with Gasteiger partial charge in [-0.1, -0.05) is 0 Å². The van der Waals surface area contributed by atoms with E-state index in [-0.39, 0.29) is 5.95 Å².